The minimum Gasteiger partial charge on any atom is -0.374 e. The maximum atomic E-state index is 12.0. The molecule has 19 heavy (non-hydrogen) atoms. The zero-order valence-electron chi connectivity index (χ0n) is 10.9. The van der Waals surface area contributed by atoms with E-state index >= 15 is 0 Å². The van der Waals surface area contributed by atoms with Gasteiger partial charge in [-0.25, -0.2) is 8.78 Å². The van der Waals surface area contributed by atoms with Crippen LogP contribution in [0, 0.1) is 0 Å². The Morgan fingerprint density at radius 3 is 2.84 bits per heavy atom. The molecule has 1 aliphatic heterocycles. The third kappa shape index (κ3) is 4.53. The van der Waals surface area contributed by atoms with Crippen molar-refractivity contribution in [1.29, 1.82) is 0 Å². The Kier molecular flexibility index (Phi) is 5.69. The first-order valence-corrected chi connectivity index (χ1v) is 6.63. The van der Waals surface area contributed by atoms with Crippen LogP contribution in [0.15, 0.2) is 30.3 Å². The maximum absolute atomic E-state index is 12.0. The van der Waals surface area contributed by atoms with Crippen molar-refractivity contribution in [2.75, 3.05) is 39.4 Å². The van der Waals surface area contributed by atoms with Crippen molar-refractivity contribution in [2.24, 2.45) is 0 Å². The molecule has 1 aromatic rings. The zero-order valence-corrected chi connectivity index (χ0v) is 10.9. The zero-order chi connectivity index (χ0) is 13.5. The molecule has 1 aliphatic rings. The topological polar surface area (TPSA) is 24.5 Å². The molecule has 1 atom stereocenters. The second-order valence-electron chi connectivity index (χ2n) is 4.63. The molecule has 0 radical (unpaired) electrons. The van der Waals surface area contributed by atoms with Crippen LogP contribution in [-0.2, 0) is 4.74 Å². The average molecular weight is 270 g/mol. The fraction of sp³-hybridized carbons (Fsp3) is 0.571. The molecule has 1 heterocycles. The van der Waals surface area contributed by atoms with Crippen LogP contribution in [0.25, 0.3) is 0 Å². The molecule has 1 N–H and O–H groups in total. The normalized spacial score (nSPS) is 20.9. The second kappa shape index (κ2) is 7.53. The molecule has 5 heteroatoms. The van der Waals surface area contributed by atoms with Crippen LogP contribution in [0.4, 0.5) is 8.78 Å². The van der Waals surface area contributed by atoms with Gasteiger partial charge >= 0.3 is 0 Å². The van der Waals surface area contributed by atoms with Crippen molar-refractivity contribution >= 4 is 0 Å². The van der Waals surface area contributed by atoms with Crippen molar-refractivity contribution in [2.45, 2.75) is 12.5 Å². The molecule has 1 fully saturated rings. The molecule has 0 saturated carbocycles. The number of hydrogen-bond acceptors (Lipinski definition) is 3. The number of alkyl halides is 2. The van der Waals surface area contributed by atoms with Gasteiger partial charge in [0.05, 0.1) is 6.61 Å². The van der Waals surface area contributed by atoms with Crippen LogP contribution in [0.2, 0.25) is 0 Å². The summed E-state index contributed by atoms with van der Waals surface area (Å²) in [7, 11) is 0. The summed E-state index contributed by atoms with van der Waals surface area (Å²) in [5.41, 5.74) is 1.25. The van der Waals surface area contributed by atoms with E-state index in [0.717, 1.165) is 19.6 Å². The predicted octanol–water partition coefficient (Wildman–Crippen LogP) is 1.91. The van der Waals surface area contributed by atoms with Gasteiger partial charge in [0.2, 0.25) is 0 Å². The van der Waals surface area contributed by atoms with Crippen molar-refractivity contribution in [1.82, 2.24) is 10.2 Å². The van der Waals surface area contributed by atoms with E-state index < -0.39 is 13.0 Å². The van der Waals surface area contributed by atoms with E-state index in [4.69, 9.17) is 4.74 Å². The van der Waals surface area contributed by atoms with Gasteiger partial charge in [-0.3, -0.25) is 4.90 Å². The Morgan fingerprint density at radius 2 is 2.11 bits per heavy atom. The number of rotatable bonds is 6. The number of nitrogens with one attached hydrogen (secondary N) is 1. The summed E-state index contributed by atoms with van der Waals surface area (Å²) in [5, 5.41) is 3.37. The standard InChI is InChI=1S/C14H20F2N2O/c15-14(16)11-19-9-8-18-7-6-17-10-13(18)12-4-2-1-3-5-12/h1-5,13-14,17H,6-11H2. The van der Waals surface area contributed by atoms with E-state index in [1.54, 1.807) is 0 Å². The molecule has 0 aromatic heterocycles. The third-order valence-electron chi connectivity index (χ3n) is 3.31. The SMILES string of the molecule is FC(F)COCCN1CCNCC1c1ccccc1. The lowest BCUT2D eigenvalue weighted by Crippen LogP contribution is -2.47. The molecular weight excluding hydrogens is 250 g/mol. The lowest BCUT2D eigenvalue weighted by Gasteiger charge is -2.36. The number of ether oxygens (including phenoxy) is 1. The number of halogens is 2. The predicted molar refractivity (Wildman–Crippen MR) is 70.4 cm³/mol. The Hall–Kier alpha value is -1.04. The van der Waals surface area contributed by atoms with Crippen LogP contribution in [-0.4, -0.2) is 50.7 Å². The molecule has 1 unspecified atom stereocenters. The molecule has 2 rings (SSSR count). The number of hydrogen-bond donors (Lipinski definition) is 1. The Bertz CT molecular complexity index is 362. The first-order valence-electron chi connectivity index (χ1n) is 6.63. The lowest BCUT2D eigenvalue weighted by atomic mass is 10.0. The van der Waals surface area contributed by atoms with Gasteiger partial charge in [0, 0.05) is 32.2 Å². The largest absolute Gasteiger partial charge is 0.374 e. The Balaban J connectivity index is 1.86. The fourth-order valence-electron chi connectivity index (χ4n) is 2.37. The van der Waals surface area contributed by atoms with Crippen LogP contribution in [0.5, 0.6) is 0 Å². The highest BCUT2D eigenvalue weighted by Gasteiger charge is 2.23. The fourth-order valence-corrected chi connectivity index (χ4v) is 2.37. The first-order chi connectivity index (χ1) is 9.27. The summed E-state index contributed by atoms with van der Waals surface area (Å²) in [6, 6.07) is 10.5. The minimum atomic E-state index is -2.38. The highest BCUT2D eigenvalue weighted by Crippen LogP contribution is 2.21. The first kappa shape index (κ1) is 14.4. The van der Waals surface area contributed by atoms with E-state index in [0.29, 0.717) is 19.2 Å². The highest BCUT2D eigenvalue weighted by molar-refractivity contribution is 5.20. The summed E-state index contributed by atoms with van der Waals surface area (Å²) in [5.74, 6) is 0. The van der Waals surface area contributed by atoms with Gasteiger partial charge in [-0.05, 0) is 5.56 Å². The molecular formula is C14H20F2N2O. The van der Waals surface area contributed by atoms with Gasteiger partial charge in [0.15, 0.2) is 0 Å². The smallest absolute Gasteiger partial charge is 0.261 e. The van der Waals surface area contributed by atoms with Gasteiger partial charge in [-0.2, -0.15) is 0 Å². The van der Waals surface area contributed by atoms with Gasteiger partial charge in [-0.1, -0.05) is 30.3 Å². The molecule has 0 spiro atoms. The third-order valence-corrected chi connectivity index (χ3v) is 3.31. The highest BCUT2D eigenvalue weighted by atomic mass is 19.3. The van der Waals surface area contributed by atoms with Gasteiger partial charge in [0.25, 0.3) is 6.43 Å². The molecule has 0 bridgehead atoms. The van der Waals surface area contributed by atoms with E-state index in [2.05, 4.69) is 22.3 Å². The van der Waals surface area contributed by atoms with E-state index in [1.165, 1.54) is 5.56 Å². The van der Waals surface area contributed by atoms with Crippen molar-refractivity contribution in [3.63, 3.8) is 0 Å². The lowest BCUT2D eigenvalue weighted by molar-refractivity contribution is 0.00369. The molecule has 1 aromatic carbocycles. The molecule has 106 valence electrons. The average Bonchev–Trinajstić information content (AvgIpc) is 2.45. The van der Waals surface area contributed by atoms with Crippen LogP contribution < -0.4 is 5.32 Å². The van der Waals surface area contributed by atoms with Gasteiger partial charge in [-0.15, -0.1) is 0 Å². The van der Waals surface area contributed by atoms with Gasteiger partial charge < -0.3 is 10.1 Å². The summed E-state index contributed by atoms with van der Waals surface area (Å²) in [4.78, 5) is 2.29. The Labute approximate surface area is 112 Å². The van der Waals surface area contributed by atoms with E-state index in [-0.39, 0.29) is 0 Å². The number of piperazine rings is 1. The van der Waals surface area contributed by atoms with Gasteiger partial charge in [0.1, 0.15) is 6.61 Å². The summed E-state index contributed by atoms with van der Waals surface area (Å²) >= 11 is 0. The van der Waals surface area contributed by atoms with Crippen molar-refractivity contribution in [3.8, 4) is 0 Å². The van der Waals surface area contributed by atoms with Crippen molar-refractivity contribution < 1.29 is 13.5 Å². The number of nitrogens with zero attached hydrogens (tertiary/aromatic N) is 1. The second-order valence-corrected chi connectivity index (χ2v) is 4.63. The summed E-state index contributed by atoms with van der Waals surface area (Å²) in [6.45, 7) is 3.30. The molecule has 0 aliphatic carbocycles. The Morgan fingerprint density at radius 1 is 1.32 bits per heavy atom. The monoisotopic (exact) mass is 270 g/mol. The minimum absolute atomic E-state index is 0.296. The maximum Gasteiger partial charge on any atom is 0.261 e. The summed E-state index contributed by atoms with van der Waals surface area (Å²) in [6.07, 6.45) is -2.38. The number of benzene rings is 1. The quantitative estimate of drug-likeness (QED) is 0.799. The van der Waals surface area contributed by atoms with Crippen LogP contribution in [0.3, 0.4) is 0 Å². The van der Waals surface area contributed by atoms with Crippen LogP contribution >= 0.6 is 0 Å². The van der Waals surface area contributed by atoms with Crippen LogP contribution in [0.1, 0.15) is 11.6 Å². The molecule has 1 saturated heterocycles. The van der Waals surface area contributed by atoms with E-state index in [1.807, 2.05) is 18.2 Å². The molecule has 0 amide bonds. The van der Waals surface area contributed by atoms with Crippen molar-refractivity contribution in [3.05, 3.63) is 35.9 Å². The molecule has 3 nitrogen and oxygen atoms in total. The van der Waals surface area contributed by atoms with E-state index in [9.17, 15) is 8.78 Å². The summed E-state index contributed by atoms with van der Waals surface area (Å²) < 4.78 is 29.0.